The Morgan fingerprint density at radius 2 is 2.15 bits per heavy atom. The van der Waals surface area contributed by atoms with Crippen LogP contribution >= 0.6 is 0 Å². The number of carbonyl (C=O) groups excluding carboxylic acids is 2. The molecule has 0 N–H and O–H groups in total. The molecule has 1 atom stereocenters. The number of nitrogens with zero attached hydrogens (tertiary/aromatic N) is 2. The molecule has 0 bridgehead atoms. The van der Waals surface area contributed by atoms with Crippen molar-refractivity contribution in [3.05, 3.63) is 36.7 Å². The van der Waals surface area contributed by atoms with Gasteiger partial charge < -0.3 is 9.80 Å². The molecule has 0 spiro atoms. The largest absolute Gasteiger partial charge is 0.313 e. The number of hydrogen-bond donors (Lipinski definition) is 0. The minimum Gasteiger partial charge on any atom is -0.313 e. The van der Waals surface area contributed by atoms with Crippen molar-refractivity contribution in [1.29, 1.82) is 0 Å². The van der Waals surface area contributed by atoms with Crippen LogP contribution in [0.15, 0.2) is 36.7 Å². The molecule has 4 heteroatoms. The number of hydrogen-bond acceptors (Lipinski definition) is 2. The predicted molar refractivity (Wildman–Crippen MR) is 80.6 cm³/mol. The predicted octanol–water partition coefficient (Wildman–Crippen LogP) is 2.70. The van der Waals surface area contributed by atoms with Crippen molar-refractivity contribution in [3.8, 4) is 0 Å². The van der Waals surface area contributed by atoms with Gasteiger partial charge in [0.1, 0.15) is 0 Å². The molecule has 0 aromatic heterocycles. The van der Waals surface area contributed by atoms with Crippen LogP contribution in [0.25, 0.3) is 0 Å². The van der Waals surface area contributed by atoms with Gasteiger partial charge in [-0.25, -0.2) is 0 Å². The average Bonchev–Trinajstić information content (AvgIpc) is 2.35. The SMILES string of the molecule is C=C/C=C\C1=CN(C(C)=O)[C@@H](C)CN1C(=O)CC(C)C. The fraction of sp³-hybridized carbons (Fsp3) is 0.500. The molecule has 0 aromatic carbocycles. The molecule has 1 aliphatic rings. The van der Waals surface area contributed by atoms with E-state index in [1.807, 2.05) is 26.8 Å². The van der Waals surface area contributed by atoms with Gasteiger partial charge in [-0.15, -0.1) is 0 Å². The Morgan fingerprint density at radius 3 is 2.65 bits per heavy atom. The van der Waals surface area contributed by atoms with Gasteiger partial charge in [0.2, 0.25) is 11.8 Å². The maximum absolute atomic E-state index is 12.3. The molecule has 2 amide bonds. The lowest BCUT2D eigenvalue weighted by molar-refractivity contribution is -0.135. The van der Waals surface area contributed by atoms with Gasteiger partial charge in [-0.2, -0.15) is 0 Å². The van der Waals surface area contributed by atoms with Crippen molar-refractivity contribution in [2.45, 2.75) is 40.2 Å². The molecule has 0 aliphatic carbocycles. The van der Waals surface area contributed by atoms with E-state index in [1.54, 1.807) is 28.2 Å². The van der Waals surface area contributed by atoms with Crippen LogP contribution in [0.1, 0.15) is 34.1 Å². The highest BCUT2D eigenvalue weighted by Gasteiger charge is 2.28. The van der Waals surface area contributed by atoms with Gasteiger partial charge in [0, 0.05) is 26.1 Å². The zero-order chi connectivity index (χ0) is 15.3. The molecule has 0 unspecified atom stereocenters. The Morgan fingerprint density at radius 1 is 1.50 bits per heavy atom. The Kier molecular flexibility index (Phi) is 5.74. The smallest absolute Gasteiger partial charge is 0.227 e. The van der Waals surface area contributed by atoms with E-state index in [2.05, 4.69) is 6.58 Å². The first-order valence-electron chi connectivity index (χ1n) is 6.97. The second-order valence-electron chi connectivity index (χ2n) is 5.53. The lowest BCUT2D eigenvalue weighted by Crippen LogP contribution is -2.48. The fourth-order valence-corrected chi connectivity index (χ4v) is 2.20. The highest BCUT2D eigenvalue weighted by molar-refractivity contribution is 5.80. The third kappa shape index (κ3) is 4.08. The van der Waals surface area contributed by atoms with Crippen LogP contribution in [-0.4, -0.2) is 34.2 Å². The molecule has 1 heterocycles. The van der Waals surface area contributed by atoms with E-state index in [4.69, 9.17) is 0 Å². The van der Waals surface area contributed by atoms with Gasteiger partial charge in [0.15, 0.2) is 0 Å². The number of allylic oxidation sites excluding steroid dienone is 3. The summed E-state index contributed by atoms with van der Waals surface area (Å²) in [5, 5.41) is 0. The Hall–Kier alpha value is -1.84. The number of carbonyl (C=O) groups is 2. The van der Waals surface area contributed by atoms with Crippen LogP contribution in [0.3, 0.4) is 0 Å². The summed E-state index contributed by atoms with van der Waals surface area (Å²) in [6, 6.07) is -0.00973. The molecule has 20 heavy (non-hydrogen) atoms. The zero-order valence-electron chi connectivity index (χ0n) is 12.8. The standard InChI is InChI=1S/C16H24N2O2/c1-6-7-8-15-11-17(14(5)19)13(4)10-18(15)16(20)9-12(2)3/h6-8,11-13H,1,9-10H2,2-5H3/b8-7-/t13-/m0/s1. The van der Waals surface area contributed by atoms with E-state index >= 15 is 0 Å². The van der Waals surface area contributed by atoms with Gasteiger partial charge in [-0.05, 0) is 18.9 Å². The zero-order valence-corrected chi connectivity index (χ0v) is 12.8. The molecule has 0 fully saturated rings. The van der Waals surface area contributed by atoms with Crippen LogP contribution < -0.4 is 0 Å². The third-order valence-corrected chi connectivity index (χ3v) is 3.16. The molecule has 0 saturated heterocycles. The van der Waals surface area contributed by atoms with Crippen molar-refractivity contribution in [2.75, 3.05) is 6.54 Å². The van der Waals surface area contributed by atoms with Gasteiger partial charge >= 0.3 is 0 Å². The summed E-state index contributed by atoms with van der Waals surface area (Å²) in [7, 11) is 0. The lowest BCUT2D eigenvalue weighted by atomic mass is 10.1. The summed E-state index contributed by atoms with van der Waals surface area (Å²) >= 11 is 0. The minimum absolute atomic E-state index is 0.00973. The Labute approximate surface area is 121 Å². The monoisotopic (exact) mass is 276 g/mol. The summed E-state index contributed by atoms with van der Waals surface area (Å²) in [4.78, 5) is 27.4. The topological polar surface area (TPSA) is 40.6 Å². The van der Waals surface area contributed by atoms with Crippen molar-refractivity contribution in [3.63, 3.8) is 0 Å². The molecule has 110 valence electrons. The van der Waals surface area contributed by atoms with E-state index in [0.717, 1.165) is 5.70 Å². The second kappa shape index (κ2) is 7.08. The summed E-state index contributed by atoms with van der Waals surface area (Å²) < 4.78 is 0. The summed E-state index contributed by atoms with van der Waals surface area (Å²) in [6.07, 6.45) is 7.49. The number of amides is 2. The quantitative estimate of drug-likeness (QED) is 0.741. The molecule has 1 aliphatic heterocycles. The second-order valence-corrected chi connectivity index (χ2v) is 5.53. The molecule has 0 aromatic rings. The highest BCUT2D eigenvalue weighted by atomic mass is 16.2. The number of rotatable bonds is 4. The third-order valence-electron chi connectivity index (χ3n) is 3.16. The normalized spacial score (nSPS) is 19.4. The van der Waals surface area contributed by atoms with E-state index < -0.39 is 0 Å². The summed E-state index contributed by atoms with van der Waals surface area (Å²) in [5.41, 5.74) is 0.740. The van der Waals surface area contributed by atoms with E-state index in [-0.39, 0.29) is 17.9 Å². The molecule has 0 radical (unpaired) electrons. The van der Waals surface area contributed by atoms with Crippen molar-refractivity contribution >= 4 is 11.8 Å². The van der Waals surface area contributed by atoms with Crippen LogP contribution in [-0.2, 0) is 9.59 Å². The van der Waals surface area contributed by atoms with Gasteiger partial charge in [0.05, 0.1) is 11.7 Å². The van der Waals surface area contributed by atoms with Crippen LogP contribution in [0.2, 0.25) is 0 Å². The molecular weight excluding hydrogens is 252 g/mol. The summed E-state index contributed by atoms with van der Waals surface area (Å²) in [5.74, 6) is 0.390. The van der Waals surface area contributed by atoms with E-state index in [0.29, 0.717) is 18.9 Å². The maximum atomic E-state index is 12.3. The van der Waals surface area contributed by atoms with Gasteiger partial charge in [-0.3, -0.25) is 9.59 Å². The molecule has 4 nitrogen and oxygen atoms in total. The van der Waals surface area contributed by atoms with Crippen molar-refractivity contribution in [1.82, 2.24) is 9.80 Å². The molecule has 0 saturated carbocycles. The van der Waals surface area contributed by atoms with E-state index in [9.17, 15) is 9.59 Å². The average molecular weight is 276 g/mol. The summed E-state index contributed by atoms with van der Waals surface area (Å²) in [6.45, 7) is 11.7. The fourth-order valence-electron chi connectivity index (χ4n) is 2.20. The minimum atomic E-state index is -0.0158. The molecular formula is C16H24N2O2. The van der Waals surface area contributed by atoms with Gasteiger partial charge in [0.25, 0.3) is 0 Å². The lowest BCUT2D eigenvalue weighted by Gasteiger charge is -2.37. The van der Waals surface area contributed by atoms with Crippen LogP contribution in [0.5, 0.6) is 0 Å². The Balaban J connectivity index is 3.06. The van der Waals surface area contributed by atoms with Crippen molar-refractivity contribution in [2.24, 2.45) is 5.92 Å². The first-order chi connectivity index (χ1) is 9.36. The maximum Gasteiger partial charge on any atom is 0.227 e. The highest BCUT2D eigenvalue weighted by Crippen LogP contribution is 2.21. The van der Waals surface area contributed by atoms with Crippen LogP contribution in [0.4, 0.5) is 0 Å². The Bertz CT molecular complexity index is 449. The van der Waals surface area contributed by atoms with Crippen molar-refractivity contribution < 1.29 is 9.59 Å². The van der Waals surface area contributed by atoms with Crippen LogP contribution in [0, 0.1) is 5.92 Å². The van der Waals surface area contributed by atoms with E-state index in [1.165, 1.54) is 6.92 Å². The van der Waals surface area contributed by atoms with Gasteiger partial charge in [-0.1, -0.05) is 32.6 Å². The molecule has 1 rings (SSSR count). The first-order valence-corrected chi connectivity index (χ1v) is 6.97. The first kappa shape index (κ1) is 16.2.